The molecule has 166 valence electrons. The van der Waals surface area contributed by atoms with E-state index in [4.69, 9.17) is 0 Å². The Morgan fingerprint density at radius 3 is 2.26 bits per heavy atom. The molecule has 0 saturated carbocycles. The highest BCUT2D eigenvalue weighted by atomic mass is 32.2. The van der Waals surface area contributed by atoms with Gasteiger partial charge in [0.05, 0.1) is 4.90 Å². The van der Waals surface area contributed by atoms with Gasteiger partial charge in [-0.3, -0.25) is 4.79 Å². The van der Waals surface area contributed by atoms with E-state index in [1.165, 1.54) is 0 Å². The third-order valence-electron chi connectivity index (χ3n) is 5.94. The van der Waals surface area contributed by atoms with Crippen molar-refractivity contribution in [2.24, 2.45) is 0 Å². The molecule has 1 aliphatic heterocycles. The number of sulfonamides is 1. The Labute approximate surface area is 187 Å². The summed E-state index contributed by atoms with van der Waals surface area (Å²) in [5.41, 5.74) is 3.72. The Balaban J connectivity index is 1.94. The second-order valence-corrected chi connectivity index (χ2v) is 10.4. The maximum absolute atomic E-state index is 13.8. The fourth-order valence-corrected chi connectivity index (χ4v) is 6.54. The van der Waals surface area contributed by atoms with E-state index in [1.54, 1.807) is 16.4 Å². The minimum absolute atomic E-state index is 0.0887. The molecule has 4 nitrogen and oxygen atoms in total. The van der Waals surface area contributed by atoms with Crippen molar-refractivity contribution in [1.29, 1.82) is 0 Å². The van der Waals surface area contributed by atoms with Crippen LogP contribution >= 0.6 is 0 Å². The van der Waals surface area contributed by atoms with Crippen LogP contribution in [0.4, 0.5) is 0 Å². The second-order valence-electron chi connectivity index (χ2n) is 8.58. The van der Waals surface area contributed by atoms with Crippen LogP contribution in [0.3, 0.4) is 0 Å². The molecule has 0 bridgehead atoms. The monoisotopic (exact) mass is 439 g/mol. The lowest BCUT2D eigenvalue weighted by molar-refractivity contribution is 0.103. The van der Waals surface area contributed by atoms with Crippen LogP contribution in [0.2, 0.25) is 0 Å². The van der Waals surface area contributed by atoms with Crippen LogP contribution in [0, 0.1) is 20.8 Å². The van der Waals surface area contributed by atoms with Gasteiger partial charge < -0.3 is 0 Å². The summed E-state index contributed by atoms with van der Waals surface area (Å²) in [6, 6.07) is 12.6. The molecule has 5 heteroatoms. The van der Waals surface area contributed by atoms with Crippen molar-refractivity contribution < 1.29 is 13.2 Å². The molecule has 0 saturated heterocycles. The first-order chi connectivity index (χ1) is 14.8. The van der Waals surface area contributed by atoms with Crippen molar-refractivity contribution in [3.05, 3.63) is 76.4 Å². The van der Waals surface area contributed by atoms with Gasteiger partial charge in [0.1, 0.15) is 0 Å². The third-order valence-corrected chi connectivity index (χ3v) is 8.12. The Hall–Kier alpha value is -2.24. The molecule has 0 amide bonds. The molecule has 1 unspecified atom stereocenters. The van der Waals surface area contributed by atoms with Gasteiger partial charge in [-0.1, -0.05) is 86.7 Å². The summed E-state index contributed by atoms with van der Waals surface area (Å²) in [5.74, 6) is -0.0887. The number of carbonyl (C=O) groups excluding carboxylic acids is 1. The number of nitrogens with zero attached hydrogens (tertiary/aromatic N) is 1. The Morgan fingerprint density at radius 2 is 1.65 bits per heavy atom. The van der Waals surface area contributed by atoms with Crippen molar-refractivity contribution in [1.82, 2.24) is 4.31 Å². The molecule has 0 aromatic heterocycles. The van der Waals surface area contributed by atoms with Gasteiger partial charge in [0, 0.05) is 23.7 Å². The summed E-state index contributed by atoms with van der Waals surface area (Å²) in [4.78, 5) is 13.4. The molecular formula is C26H33NO3S. The molecule has 1 heterocycles. The van der Waals surface area contributed by atoms with Crippen molar-refractivity contribution in [3.63, 3.8) is 0 Å². The van der Waals surface area contributed by atoms with Crippen molar-refractivity contribution in [2.45, 2.75) is 70.7 Å². The highest BCUT2D eigenvalue weighted by Crippen LogP contribution is 2.33. The zero-order chi connectivity index (χ0) is 22.6. The van der Waals surface area contributed by atoms with Crippen LogP contribution in [0.5, 0.6) is 0 Å². The van der Waals surface area contributed by atoms with Gasteiger partial charge in [0.15, 0.2) is 5.78 Å². The average molecular weight is 440 g/mol. The maximum Gasteiger partial charge on any atom is 0.244 e. The molecule has 0 fully saturated rings. The first-order valence-corrected chi connectivity index (χ1v) is 12.6. The molecule has 2 aromatic rings. The van der Waals surface area contributed by atoms with Gasteiger partial charge in [0.2, 0.25) is 10.0 Å². The van der Waals surface area contributed by atoms with Crippen LogP contribution in [-0.2, 0) is 10.0 Å². The minimum Gasteiger partial charge on any atom is -0.289 e. The number of benzene rings is 2. The van der Waals surface area contributed by atoms with Gasteiger partial charge >= 0.3 is 0 Å². The minimum atomic E-state index is -3.73. The maximum atomic E-state index is 13.8. The number of carbonyl (C=O) groups is 1. The van der Waals surface area contributed by atoms with E-state index in [0.717, 1.165) is 48.8 Å². The first-order valence-electron chi connectivity index (χ1n) is 11.2. The zero-order valence-electron chi connectivity index (χ0n) is 19.0. The molecule has 3 rings (SSSR count). The fourth-order valence-electron chi connectivity index (χ4n) is 4.54. The standard InChI is InChI=1S/C26H33NO3S/c1-5-6-7-11-14-24-17-23(25(28)22-12-9-8-10-13-22)18-27(24)31(29,30)26-20(3)15-19(2)16-21(26)4/h8-10,12-13,15-17,24H,5-7,11,14,18H2,1-4H3. The summed E-state index contributed by atoms with van der Waals surface area (Å²) in [6.07, 6.45) is 6.89. The van der Waals surface area contributed by atoms with Crippen molar-refractivity contribution >= 4 is 15.8 Å². The molecule has 2 aromatic carbocycles. The number of unbranched alkanes of at least 4 members (excludes halogenated alkanes) is 3. The normalized spacial score (nSPS) is 17.0. The summed E-state index contributed by atoms with van der Waals surface area (Å²) >= 11 is 0. The van der Waals surface area contributed by atoms with Crippen LogP contribution < -0.4 is 0 Å². The number of rotatable bonds is 9. The number of aryl methyl sites for hydroxylation is 3. The van der Waals surface area contributed by atoms with Crippen molar-refractivity contribution in [3.8, 4) is 0 Å². The molecule has 0 radical (unpaired) electrons. The Morgan fingerprint density at radius 1 is 1.00 bits per heavy atom. The zero-order valence-corrected chi connectivity index (χ0v) is 19.8. The van der Waals surface area contributed by atoms with E-state index in [0.29, 0.717) is 16.0 Å². The first kappa shape index (κ1) is 23.4. The SMILES string of the molecule is CCCCCCC1C=C(C(=O)c2ccccc2)CN1S(=O)(=O)c1c(C)cc(C)cc1C. The lowest BCUT2D eigenvalue weighted by Gasteiger charge is -2.26. The van der Waals surface area contributed by atoms with E-state index in [9.17, 15) is 13.2 Å². The molecular weight excluding hydrogens is 406 g/mol. The van der Waals surface area contributed by atoms with Gasteiger partial charge in [-0.05, 0) is 38.3 Å². The largest absolute Gasteiger partial charge is 0.289 e. The predicted molar refractivity (Wildman–Crippen MR) is 126 cm³/mol. The number of hydrogen-bond donors (Lipinski definition) is 0. The van der Waals surface area contributed by atoms with Gasteiger partial charge in [0.25, 0.3) is 0 Å². The quantitative estimate of drug-likeness (QED) is 0.368. The van der Waals surface area contributed by atoms with Crippen LogP contribution in [0.1, 0.15) is 66.1 Å². The summed E-state index contributed by atoms with van der Waals surface area (Å²) in [5, 5.41) is 0. The van der Waals surface area contributed by atoms with E-state index in [2.05, 4.69) is 6.92 Å². The van der Waals surface area contributed by atoms with Crippen LogP contribution in [-0.4, -0.2) is 31.1 Å². The molecule has 1 aliphatic rings. The van der Waals surface area contributed by atoms with Gasteiger partial charge in [-0.15, -0.1) is 0 Å². The van der Waals surface area contributed by atoms with Crippen LogP contribution in [0.15, 0.2) is 59.0 Å². The number of ketones is 1. The molecule has 1 atom stereocenters. The van der Waals surface area contributed by atoms with E-state index in [-0.39, 0.29) is 18.4 Å². The highest BCUT2D eigenvalue weighted by molar-refractivity contribution is 7.89. The predicted octanol–water partition coefficient (Wildman–Crippen LogP) is 5.76. The molecule has 0 N–H and O–H groups in total. The van der Waals surface area contributed by atoms with Gasteiger partial charge in [-0.2, -0.15) is 4.31 Å². The summed E-state index contributed by atoms with van der Waals surface area (Å²) < 4.78 is 29.1. The lowest BCUT2D eigenvalue weighted by Crippen LogP contribution is -2.37. The Kier molecular flexibility index (Phi) is 7.50. The highest BCUT2D eigenvalue weighted by Gasteiger charge is 2.38. The average Bonchev–Trinajstić information content (AvgIpc) is 3.15. The summed E-state index contributed by atoms with van der Waals surface area (Å²) in [6.45, 7) is 7.96. The Bertz CT molecular complexity index is 1050. The topological polar surface area (TPSA) is 54.5 Å². The van der Waals surface area contributed by atoms with Gasteiger partial charge in [-0.25, -0.2) is 8.42 Å². The number of hydrogen-bond acceptors (Lipinski definition) is 3. The third kappa shape index (κ3) is 5.16. The van der Waals surface area contributed by atoms with E-state index >= 15 is 0 Å². The molecule has 0 aliphatic carbocycles. The molecule has 0 spiro atoms. The van der Waals surface area contributed by atoms with Crippen LogP contribution in [0.25, 0.3) is 0 Å². The van der Waals surface area contributed by atoms with E-state index < -0.39 is 10.0 Å². The fraction of sp³-hybridized carbons (Fsp3) is 0.423. The molecule has 31 heavy (non-hydrogen) atoms. The summed E-state index contributed by atoms with van der Waals surface area (Å²) in [7, 11) is -3.73. The van der Waals surface area contributed by atoms with Crippen molar-refractivity contribution in [2.75, 3.05) is 6.54 Å². The van der Waals surface area contributed by atoms with E-state index in [1.807, 2.05) is 57.2 Å². The smallest absolute Gasteiger partial charge is 0.244 e. The second kappa shape index (κ2) is 9.92. The number of Topliss-reactive ketones (excluding diaryl/α,β-unsaturated/α-hetero) is 1. The lowest BCUT2D eigenvalue weighted by atomic mass is 10.0.